The first-order valence-corrected chi connectivity index (χ1v) is 8.50. The highest BCUT2D eigenvalue weighted by atomic mass is 16.2. The van der Waals surface area contributed by atoms with E-state index in [2.05, 4.69) is 23.5 Å². The molecular formula is C22H21NO2. The Morgan fingerprint density at radius 1 is 0.840 bits per heavy atom. The summed E-state index contributed by atoms with van der Waals surface area (Å²) < 4.78 is 0. The van der Waals surface area contributed by atoms with Gasteiger partial charge in [0.15, 0.2) is 5.78 Å². The quantitative estimate of drug-likeness (QED) is 0.667. The molecule has 0 heterocycles. The third-order valence-corrected chi connectivity index (χ3v) is 4.34. The second-order valence-corrected chi connectivity index (χ2v) is 6.15. The SMILES string of the molecule is C[C@H](NC(=O)CCC(=O)c1ccccc1)c1cccc2ccccc12. The maximum atomic E-state index is 12.2. The van der Waals surface area contributed by atoms with Gasteiger partial charge in [-0.05, 0) is 23.3 Å². The smallest absolute Gasteiger partial charge is 0.220 e. The molecule has 25 heavy (non-hydrogen) atoms. The molecule has 0 bridgehead atoms. The van der Waals surface area contributed by atoms with E-state index in [0.717, 1.165) is 16.3 Å². The van der Waals surface area contributed by atoms with Crippen LogP contribution < -0.4 is 5.32 Å². The van der Waals surface area contributed by atoms with Gasteiger partial charge < -0.3 is 5.32 Å². The molecular weight excluding hydrogens is 310 g/mol. The van der Waals surface area contributed by atoms with Gasteiger partial charge in [-0.15, -0.1) is 0 Å². The van der Waals surface area contributed by atoms with E-state index in [9.17, 15) is 9.59 Å². The first kappa shape index (κ1) is 16.9. The van der Waals surface area contributed by atoms with Crippen molar-refractivity contribution in [1.29, 1.82) is 0 Å². The van der Waals surface area contributed by atoms with Gasteiger partial charge in [-0.25, -0.2) is 0 Å². The summed E-state index contributed by atoms with van der Waals surface area (Å²) in [6.07, 6.45) is 0.418. The molecule has 1 amide bonds. The van der Waals surface area contributed by atoms with Gasteiger partial charge in [-0.1, -0.05) is 72.8 Å². The number of nitrogens with one attached hydrogen (secondary N) is 1. The zero-order chi connectivity index (χ0) is 17.6. The van der Waals surface area contributed by atoms with Gasteiger partial charge in [0, 0.05) is 18.4 Å². The predicted molar refractivity (Wildman–Crippen MR) is 101 cm³/mol. The number of ketones is 1. The number of rotatable bonds is 6. The zero-order valence-corrected chi connectivity index (χ0v) is 14.2. The van der Waals surface area contributed by atoms with Crippen LogP contribution in [0.25, 0.3) is 10.8 Å². The van der Waals surface area contributed by atoms with E-state index in [1.54, 1.807) is 12.1 Å². The van der Waals surface area contributed by atoms with Crippen molar-refractivity contribution in [1.82, 2.24) is 5.32 Å². The van der Waals surface area contributed by atoms with Gasteiger partial charge in [-0.2, -0.15) is 0 Å². The minimum Gasteiger partial charge on any atom is -0.350 e. The van der Waals surface area contributed by atoms with Crippen LogP contribution in [0.1, 0.15) is 41.7 Å². The first-order valence-electron chi connectivity index (χ1n) is 8.50. The average Bonchev–Trinajstić information content (AvgIpc) is 2.66. The molecule has 0 saturated carbocycles. The fourth-order valence-electron chi connectivity index (χ4n) is 3.01. The Balaban J connectivity index is 1.61. The van der Waals surface area contributed by atoms with Crippen LogP contribution in [0.15, 0.2) is 72.8 Å². The van der Waals surface area contributed by atoms with Crippen LogP contribution in [0.5, 0.6) is 0 Å². The van der Waals surface area contributed by atoms with Gasteiger partial charge in [0.25, 0.3) is 0 Å². The molecule has 0 aliphatic rings. The van der Waals surface area contributed by atoms with Crippen molar-refractivity contribution in [2.24, 2.45) is 0 Å². The van der Waals surface area contributed by atoms with E-state index in [0.29, 0.717) is 5.56 Å². The molecule has 3 aromatic rings. The minimum absolute atomic E-state index is 0.00596. The summed E-state index contributed by atoms with van der Waals surface area (Å²) in [5.74, 6) is -0.113. The van der Waals surface area contributed by atoms with Crippen molar-refractivity contribution in [2.75, 3.05) is 0 Å². The highest BCUT2D eigenvalue weighted by Gasteiger charge is 2.14. The number of carbonyl (C=O) groups excluding carboxylic acids is 2. The summed E-state index contributed by atoms with van der Waals surface area (Å²) in [5.41, 5.74) is 1.73. The maximum Gasteiger partial charge on any atom is 0.220 e. The largest absolute Gasteiger partial charge is 0.350 e. The number of hydrogen-bond donors (Lipinski definition) is 1. The van der Waals surface area contributed by atoms with Crippen molar-refractivity contribution in [3.05, 3.63) is 83.9 Å². The molecule has 0 saturated heterocycles. The van der Waals surface area contributed by atoms with E-state index in [1.165, 1.54) is 0 Å². The lowest BCUT2D eigenvalue weighted by atomic mass is 9.99. The molecule has 0 fully saturated rings. The van der Waals surface area contributed by atoms with Crippen LogP contribution in [-0.2, 0) is 4.79 Å². The van der Waals surface area contributed by atoms with Crippen molar-refractivity contribution < 1.29 is 9.59 Å². The van der Waals surface area contributed by atoms with E-state index in [-0.39, 0.29) is 30.6 Å². The summed E-state index contributed by atoms with van der Waals surface area (Å²) in [6.45, 7) is 1.97. The number of carbonyl (C=O) groups is 2. The molecule has 1 N–H and O–H groups in total. The Morgan fingerprint density at radius 2 is 1.52 bits per heavy atom. The Labute approximate surface area is 147 Å². The fourth-order valence-corrected chi connectivity index (χ4v) is 3.01. The van der Waals surface area contributed by atoms with E-state index in [1.807, 2.05) is 49.4 Å². The summed E-state index contributed by atoms with van der Waals surface area (Å²) >= 11 is 0. The Morgan fingerprint density at radius 3 is 2.32 bits per heavy atom. The molecule has 1 atom stereocenters. The molecule has 0 spiro atoms. The molecule has 0 aromatic heterocycles. The topological polar surface area (TPSA) is 46.2 Å². The summed E-state index contributed by atoms with van der Waals surface area (Å²) in [4.78, 5) is 24.3. The molecule has 0 aliphatic heterocycles. The summed E-state index contributed by atoms with van der Waals surface area (Å²) in [6, 6.07) is 23.2. The minimum atomic E-state index is -0.107. The number of amides is 1. The maximum absolute atomic E-state index is 12.2. The Kier molecular flexibility index (Phi) is 5.24. The highest BCUT2D eigenvalue weighted by molar-refractivity contribution is 5.98. The van der Waals surface area contributed by atoms with Gasteiger partial charge in [0.05, 0.1) is 6.04 Å². The number of hydrogen-bond acceptors (Lipinski definition) is 2. The predicted octanol–water partition coefficient (Wildman–Crippen LogP) is 4.68. The lowest BCUT2D eigenvalue weighted by Gasteiger charge is -2.16. The van der Waals surface area contributed by atoms with Gasteiger partial charge >= 0.3 is 0 Å². The van der Waals surface area contributed by atoms with E-state index in [4.69, 9.17) is 0 Å². The van der Waals surface area contributed by atoms with Crippen LogP contribution >= 0.6 is 0 Å². The van der Waals surface area contributed by atoms with Gasteiger partial charge in [0.1, 0.15) is 0 Å². The van der Waals surface area contributed by atoms with Crippen LogP contribution in [0.4, 0.5) is 0 Å². The standard InChI is InChI=1S/C22H21NO2/c1-16(19-13-7-11-17-8-5-6-12-20(17)19)23-22(25)15-14-21(24)18-9-3-2-4-10-18/h2-13,16H,14-15H2,1H3,(H,23,25)/t16-/m0/s1. The van der Waals surface area contributed by atoms with Crippen molar-refractivity contribution in [3.63, 3.8) is 0 Å². The van der Waals surface area contributed by atoms with Gasteiger partial charge in [-0.3, -0.25) is 9.59 Å². The monoisotopic (exact) mass is 331 g/mol. The Hall–Kier alpha value is -2.94. The lowest BCUT2D eigenvalue weighted by molar-refractivity contribution is -0.121. The molecule has 3 heteroatoms. The number of Topliss-reactive ketones (excluding diaryl/α,β-unsaturated/α-hetero) is 1. The van der Waals surface area contributed by atoms with Crippen molar-refractivity contribution >= 4 is 22.5 Å². The lowest BCUT2D eigenvalue weighted by Crippen LogP contribution is -2.27. The zero-order valence-electron chi connectivity index (χ0n) is 14.2. The van der Waals surface area contributed by atoms with Crippen LogP contribution in [0.3, 0.4) is 0 Å². The number of fused-ring (bicyclic) bond motifs is 1. The molecule has 3 aromatic carbocycles. The third-order valence-electron chi connectivity index (χ3n) is 4.34. The molecule has 0 aliphatic carbocycles. The van der Waals surface area contributed by atoms with Crippen LogP contribution in [0, 0.1) is 0 Å². The second-order valence-electron chi connectivity index (χ2n) is 6.15. The fraction of sp³-hybridized carbons (Fsp3) is 0.182. The summed E-state index contributed by atoms with van der Waals surface area (Å²) in [5, 5.41) is 5.29. The molecule has 0 unspecified atom stereocenters. The molecule has 3 nitrogen and oxygen atoms in total. The number of benzene rings is 3. The molecule has 0 radical (unpaired) electrons. The average molecular weight is 331 g/mol. The van der Waals surface area contributed by atoms with Crippen LogP contribution in [0.2, 0.25) is 0 Å². The first-order chi connectivity index (χ1) is 12.1. The highest BCUT2D eigenvalue weighted by Crippen LogP contribution is 2.24. The van der Waals surface area contributed by atoms with E-state index >= 15 is 0 Å². The molecule has 3 rings (SSSR count). The van der Waals surface area contributed by atoms with Gasteiger partial charge in [0.2, 0.25) is 5.91 Å². The van der Waals surface area contributed by atoms with Crippen molar-refractivity contribution in [3.8, 4) is 0 Å². The van der Waals surface area contributed by atoms with E-state index < -0.39 is 0 Å². The molecule has 126 valence electrons. The van der Waals surface area contributed by atoms with Crippen molar-refractivity contribution in [2.45, 2.75) is 25.8 Å². The van der Waals surface area contributed by atoms with Crippen LogP contribution in [-0.4, -0.2) is 11.7 Å². The summed E-state index contributed by atoms with van der Waals surface area (Å²) in [7, 11) is 0. The third kappa shape index (κ3) is 4.13. The second kappa shape index (κ2) is 7.75. The Bertz CT molecular complexity index is 881. The normalized spacial score (nSPS) is 11.9.